The molecular formula is C9H9N3O2. The van der Waals surface area contributed by atoms with Crippen molar-refractivity contribution >= 4 is 11.8 Å². The van der Waals surface area contributed by atoms with E-state index in [1.807, 2.05) is 17.1 Å². The SMILES string of the molecule is O=C1NC(=O)C2CNC3=CC=CC1N32. The Morgan fingerprint density at radius 3 is 3.07 bits per heavy atom. The Labute approximate surface area is 80.4 Å². The maximum atomic E-state index is 11.5. The Morgan fingerprint density at radius 1 is 1.36 bits per heavy atom. The Bertz CT molecular complexity index is 386. The zero-order valence-electron chi connectivity index (χ0n) is 7.36. The van der Waals surface area contributed by atoms with E-state index < -0.39 is 0 Å². The van der Waals surface area contributed by atoms with E-state index in [2.05, 4.69) is 10.6 Å². The van der Waals surface area contributed by atoms with Gasteiger partial charge in [0, 0.05) is 6.54 Å². The van der Waals surface area contributed by atoms with Crippen LogP contribution in [-0.4, -0.2) is 35.3 Å². The normalized spacial score (nSPS) is 33.4. The molecule has 0 aromatic carbocycles. The summed E-state index contributed by atoms with van der Waals surface area (Å²) in [7, 11) is 0. The molecule has 5 nitrogen and oxygen atoms in total. The lowest BCUT2D eigenvalue weighted by atomic mass is 10.1. The molecule has 0 saturated carbocycles. The number of carbonyl (C=O) groups is 2. The van der Waals surface area contributed by atoms with Crippen molar-refractivity contribution in [2.45, 2.75) is 12.1 Å². The van der Waals surface area contributed by atoms with Gasteiger partial charge in [-0.2, -0.15) is 0 Å². The third-order valence-electron chi connectivity index (χ3n) is 2.76. The highest BCUT2D eigenvalue weighted by atomic mass is 16.2. The number of imide groups is 1. The molecule has 2 unspecified atom stereocenters. The van der Waals surface area contributed by atoms with Crippen LogP contribution >= 0.6 is 0 Å². The van der Waals surface area contributed by atoms with Crippen LogP contribution in [0.25, 0.3) is 0 Å². The second kappa shape index (κ2) is 2.37. The molecule has 0 spiro atoms. The monoisotopic (exact) mass is 191 g/mol. The van der Waals surface area contributed by atoms with Gasteiger partial charge in [-0.3, -0.25) is 14.9 Å². The van der Waals surface area contributed by atoms with Crippen LogP contribution in [0.3, 0.4) is 0 Å². The summed E-state index contributed by atoms with van der Waals surface area (Å²) in [4.78, 5) is 24.8. The lowest BCUT2D eigenvalue weighted by Crippen LogP contribution is -2.61. The minimum absolute atomic E-state index is 0.211. The van der Waals surface area contributed by atoms with Gasteiger partial charge < -0.3 is 10.2 Å². The molecule has 0 aromatic heterocycles. The van der Waals surface area contributed by atoms with Crippen LogP contribution in [0.2, 0.25) is 0 Å². The van der Waals surface area contributed by atoms with E-state index in [0.29, 0.717) is 6.54 Å². The molecule has 0 radical (unpaired) electrons. The fraction of sp³-hybridized carbons (Fsp3) is 0.333. The predicted octanol–water partition coefficient (Wildman–Crippen LogP) is -1.30. The topological polar surface area (TPSA) is 61.4 Å². The molecule has 3 heterocycles. The number of carbonyl (C=O) groups excluding carboxylic acids is 2. The van der Waals surface area contributed by atoms with Gasteiger partial charge in [-0.25, -0.2) is 0 Å². The molecule has 2 amide bonds. The number of piperazine rings is 1. The summed E-state index contributed by atoms with van der Waals surface area (Å²) in [5.41, 5.74) is 0. The highest BCUT2D eigenvalue weighted by Gasteiger charge is 2.45. The highest BCUT2D eigenvalue weighted by molar-refractivity contribution is 6.04. The fourth-order valence-electron chi connectivity index (χ4n) is 2.10. The summed E-state index contributed by atoms with van der Waals surface area (Å²) in [6.45, 7) is 0.573. The Morgan fingerprint density at radius 2 is 2.21 bits per heavy atom. The van der Waals surface area contributed by atoms with Gasteiger partial charge in [0.05, 0.1) is 0 Å². The number of allylic oxidation sites excluding steroid dienone is 2. The highest BCUT2D eigenvalue weighted by Crippen LogP contribution is 2.25. The molecule has 0 bridgehead atoms. The molecule has 2 N–H and O–H groups in total. The molecule has 0 aliphatic carbocycles. The van der Waals surface area contributed by atoms with E-state index in [4.69, 9.17) is 0 Å². The first-order valence-electron chi connectivity index (χ1n) is 4.53. The van der Waals surface area contributed by atoms with Gasteiger partial charge in [-0.15, -0.1) is 0 Å². The number of amides is 2. The first-order valence-corrected chi connectivity index (χ1v) is 4.53. The zero-order chi connectivity index (χ0) is 9.71. The van der Waals surface area contributed by atoms with Gasteiger partial charge in [0.25, 0.3) is 11.8 Å². The van der Waals surface area contributed by atoms with E-state index >= 15 is 0 Å². The van der Waals surface area contributed by atoms with Crippen molar-refractivity contribution in [3.05, 3.63) is 24.0 Å². The zero-order valence-corrected chi connectivity index (χ0v) is 7.36. The van der Waals surface area contributed by atoms with Gasteiger partial charge in [0.1, 0.15) is 17.9 Å². The third kappa shape index (κ3) is 0.787. The minimum Gasteiger partial charge on any atom is -0.369 e. The number of rotatable bonds is 0. The second-order valence-electron chi connectivity index (χ2n) is 3.54. The molecular weight excluding hydrogens is 182 g/mol. The van der Waals surface area contributed by atoms with Gasteiger partial charge in [-0.05, 0) is 6.08 Å². The van der Waals surface area contributed by atoms with Crippen LogP contribution in [0.5, 0.6) is 0 Å². The van der Waals surface area contributed by atoms with Crippen molar-refractivity contribution in [2.24, 2.45) is 0 Å². The van der Waals surface area contributed by atoms with Crippen molar-refractivity contribution < 1.29 is 9.59 Å². The Balaban J connectivity index is 2.07. The molecule has 3 aliphatic rings. The van der Waals surface area contributed by atoms with Crippen molar-refractivity contribution in [2.75, 3.05) is 6.54 Å². The largest absolute Gasteiger partial charge is 0.369 e. The summed E-state index contributed by atoms with van der Waals surface area (Å²) in [5.74, 6) is 0.417. The lowest BCUT2D eigenvalue weighted by Gasteiger charge is -2.36. The first kappa shape index (κ1) is 7.61. The average molecular weight is 191 g/mol. The van der Waals surface area contributed by atoms with Crippen LogP contribution in [0, 0.1) is 0 Å². The second-order valence-corrected chi connectivity index (χ2v) is 3.54. The van der Waals surface area contributed by atoms with Gasteiger partial charge in [-0.1, -0.05) is 12.2 Å². The summed E-state index contributed by atoms with van der Waals surface area (Å²) >= 11 is 0. The van der Waals surface area contributed by atoms with Gasteiger partial charge in [0.15, 0.2) is 0 Å². The maximum Gasteiger partial charge on any atom is 0.253 e. The molecule has 2 atom stereocenters. The van der Waals surface area contributed by atoms with E-state index in [1.54, 1.807) is 6.08 Å². The Kier molecular flexibility index (Phi) is 1.29. The molecule has 2 saturated heterocycles. The van der Waals surface area contributed by atoms with E-state index in [9.17, 15) is 9.59 Å². The number of nitrogens with one attached hydrogen (secondary N) is 2. The van der Waals surface area contributed by atoms with Crippen LogP contribution in [0.4, 0.5) is 0 Å². The fourth-order valence-corrected chi connectivity index (χ4v) is 2.10. The van der Waals surface area contributed by atoms with Gasteiger partial charge >= 0.3 is 0 Å². The smallest absolute Gasteiger partial charge is 0.253 e. The summed E-state index contributed by atoms with van der Waals surface area (Å²) < 4.78 is 0. The van der Waals surface area contributed by atoms with E-state index in [1.165, 1.54) is 0 Å². The number of hydrogen-bond acceptors (Lipinski definition) is 4. The van der Waals surface area contributed by atoms with Crippen molar-refractivity contribution in [1.29, 1.82) is 0 Å². The van der Waals surface area contributed by atoms with Crippen LogP contribution in [0.15, 0.2) is 24.0 Å². The first-order chi connectivity index (χ1) is 6.77. The number of nitrogens with zero attached hydrogens (tertiary/aromatic N) is 1. The summed E-state index contributed by atoms with van der Waals surface area (Å²) in [6, 6.07) is -0.568. The average Bonchev–Trinajstić information content (AvgIpc) is 2.59. The minimum atomic E-state index is -0.326. The van der Waals surface area contributed by atoms with Crippen LogP contribution < -0.4 is 10.6 Å². The van der Waals surface area contributed by atoms with Crippen LogP contribution in [0.1, 0.15) is 0 Å². The van der Waals surface area contributed by atoms with Gasteiger partial charge in [0.2, 0.25) is 0 Å². The van der Waals surface area contributed by atoms with Crippen molar-refractivity contribution in [3.8, 4) is 0 Å². The molecule has 0 aromatic rings. The van der Waals surface area contributed by atoms with E-state index in [-0.39, 0.29) is 23.9 Å². The molecule has 2 fully saturated rings. The van der Waals surface area contributed by atoms with Crippen molar-refractivity contribution in [3.63, 3.8) is 0 Å². The predicted molar refractivity (Wildman–Crippen MR) is 47.8 cm³/mol. The van der Waals surface area contributed by atoms with E-state index in [0.717, 1.165) is 5.82 Å². The molecule has 72 valence electrons. The maximum absolute atomic E-state index is 11.5. The molecule has 3 aliphatic heterocycles. The standard InChI is InChI=1S/C9H9N3O2/c13-8-5-2-1-3-7-10-4-6(12(5)7)9(14)11-8/h1-3,5-6,10H,4H2,(H,11,13,14). The lowest BCUT2D eigenvalue weighted by molar-refractivity contribution is -0.140. The molecule has 3 rings (SSSR count). The molecule has 14 heavy (non-hydrogen) atoms. The summed E-state index contributed by atoms with van der Waals surface area (Å²) in [6.07, 6.45) is 5.51. The van der Waals surface area contributed by atoms with Crippen molar-refractivity contribution in [1.82, 2.24) is 15.5 Å². The summed E-state index contributed by atoms with van der Waals surface area (Å²) in [5, 5.41) is 5.47. The quantitative estimate of drug-likeness (QED) is 0.467. The number of hydrogen-bond donors (Lipinski definition) is 2. The Hall–Kier alpha value is -1.78. The molecule has 5 heteroatoms. The van der Waals surface area contributed by atoms with Crippen LogP contribution in [-0.2, 0) is 9.59 Å². The third-order valence-corrected chi connectivity index (χ3v) is 2.76.